The van der Waals surface area contributed by atoms with Crippen LogP contribution in [-0.4, -0.2) is 12.6 Å². The average Bonchev–Trinajstić information content (AvgIpc) is 2.55. The summed E-state index contributed by atoms with van der Waals surface area (Å²) in [6.07, 6.45) is 9.60. The Morgan fingerprint density at radius 3 is 2.69 bits per heavy atom. The van der Waals surface area contributed by atoms with Crippen LogP contribution in [0, 0.1) is 11.2 Å². The highest BCUT2D eigenvalue weighted by Crippen LogP contribution is 2.40. The van der Waals surface area contributed by atoms with Gasteiger partial charge in [-0.2, -0.15) is 0 Å². The molecular weight excluding hydrogens is 327 g/mol. The molecular formula is C23H29FO2. The molecule has 26 heavy (non-hydrogen) atoms. The van der Waals surface area contributed by atoms with Crippen molar-refractivity contribution in [3.63, 3.8) is 0 Å². The van der Waals surface area contributed by atoms with Crippen molar-refractivity contribution < 1.29 is 13.9 Å². The molecule has 0 saturated heterocycles. The molecule has 3 heteroatoms. The van der Waals surface area contributed by atoms with Crippen LogP contribution in [-0.2, 0) is 4.74 Å². The molecule has 0 heterocycles. The molecule has 0 bridgehead atoms. The minimum absolute atomic E-state index is 0.186. The van der Waals surface area contributed by atoms with Gasteiger partial charge in [0.15, 0.2) is 0 Å². The Hall–Kier alpha value is -2.16. The molecule has 0 unspecified atom stereocenters. The summed E-state index contributed by atoms with van der Waals surface area (Å²) in [4.78, 5) is 11.7. The highest BCUT2D eigenvalue weighted by molar-refractivity contribution is 5.89. The molecule has 1 aliphatic rings. The number of halogens is 1. The monoisotopic (exact) mass is 356 g/mol. The Balaban J connectivity index is 2.20. The van der Waals surface area contributed by atoms with Crippen molar-refractivity contribution in [2.45, 2.75) is 53.9 Å². The number of carbonyl (C=O) groups excluding carboxylic acids is 1. The van der Waals surface area contributed by atoms with Crippen LogP contribution in [0.5, 0.6) is 0 Å². The molecule has 2 rings (SSSR count). The van der Waals surface area contributed by atoms with Crippen molar-refractivity contribution in [2.24, 2.45) is 5.41 Å². The van der Waals surface area contributed by atoms with Crippen molar-refractivity contribution in [3.05, 3.63) is 64.0 Å². The Morgan fingerprint density at radius 1 is 1.35 bits per heavy atom. The molecule has 0 aromatic heterocycles. The first-order chi connectivity index (χ1) is 12.2. The highest BCUT2D eigenvalue weighted by Gasteiger charge is 2.26. The van der Waals surface area contributed by atoms with Gasteiger partial charge in [-0.25, -0.2) is 9.18 Å². The average molecular weight is 356 g/mol. The maximum atomic E-state index is 14.3. The summed E-state index contributed by atoms with van der Waals surface area (Å²) in [5.74, 6) is -0.919. The smallest absolute Gasteiger partial charge is 0.338 e. The zero-order valence-electron chi connectivity index (χ0n) is 16.5. The fourth-order valence-corrected chi connectivity index (χ4v) is 3.50. The van der Waals surface area contributed by atoms with Gasteiger partial charge in [0.1, 0.15) is 5.82 Å². The van der Waals surface area contributed by atoms with Crippen molar-refractivity contribution >= 4 is 12.0 Å². The van der Waals surface area contributed by atoms with E-state index in [9.17, 15) is 9.18 Å². The predicted octanol–water partition coefficient (Wildman–Crippen LogP) is 6.49. The maximum absolute atomic E-state index is 14.3. The molecule has 0 saturated carbocycles. The summed E-state index contributed by atoms with van der Waals surface area (Å²) in [7, 11) is 0. The number of hydrogen-bond donors (Lipinski definition) is 0. The molecule has 0 radical (unpaired) electrons. The zero-order chi connectivity index (χ0) is 19.3. The van der Waals surface area contributed by atoms with Crippen LogP contribution in [0.25, 0.3) is 6.08 Å². The van der Waals surface area contributed by atoms with E-state index in [0.717, 1.165) is 12.0 Å². The second kappa shape index (κ2) is 8.48. The maximum Gasteiger partial charge on any atom is 0.338 e. The van der Waals surface area contributed by atoms with E-state index in [4.69, 9.17) is 4.74 Å². The standard InChI is InChI=1S/C23H29FO2/c1-6-26-22(25)19-11-10-18(21(24)15-19)14-16(2)9-12-20-17(3)8-7-13-23(20,4)5/h9-12,14-15H,6-8,13H2,1-5H3/b12-9?,16-14+. The van der Waals surface area contributed by atoms with Crippen molar-refractivity contribution in [1.82, 2.24) is 0 Å². The fourth-order valence-electron chi connectivity index (χ4n) is 3.50. The van der Waals surface area contributed by atoms with Gasteiger partial charge >= 0.3 is 5.97 Å². The molecule has 0 spiro atoms. The van der Waals surface area contributed by atoms with Gasteiger partial charge in [0.05, 0.1) is 12.2 Å². The van der Waals surface area contributed by atoms with Crippen molar-refractivity contribution in [3.8, 4) is 0 Å². The molecule has 0 aliphatic heterocycles. The molecule has 140 valence electrons. The van der Waals surface area contributed by atoms with Crippen LogP contribution in [0.15, 0.2) is 47.1 Å². The second-order valence-corrected chi connectivity index (χ2v) is 7.61. The van der Waals surface area contributed by atoms with Crippen molar-refractivity contribution in [1.29, 1.82) is 0 Å². The van der Waals surface area contributed by atoms with Gasteiger partial charge in [-0.05, 0) is 69.2 Å². The number of allylic oxidation sites excluding steroid dienone is 5. The lowest BCUT2D eigenvalue weighted by Gasteiger charge is -2.32. The van der Waals surface area contributed by atoms with Gasteiger partial charge < -0.3 is 4.74 Å². The summed E-state index contributed by atoms with van der Waals surface area (Å²) in [5, 5.41) is 0. The van der Waals surface area contributed by atoms with E-state index in [2.05, 4.69) is 26.8 Å². The first-order valence-corrected chi connectivity index (χ1v) is 9.28. The number of benzene rings is 1. The lowest BCUT2D eigenvalue weighted by molar-refractivity contribution is 0.0526. The summed E-state index contributed by atoms with van der Waals surface area (Å²) < 4.78 is 19.2. The van der Waals surface area contributed by atoms with Crippen LogP contribution < -0.4 is 0 Å². The van der Waals surface area contributed by atoms with E-state index in [1.165, 1.54) is 30.1 Å². The minimum Gasteiger partial charge on any atom is -0.462 e. The minimum atomic E-state index is -0.500. The Bertz CT molecular complexity index is 766. The molecule has 0 atom stereocenters. The summed E-state index contributed by atoms with van der Waals surface area (Å²) in [6, 6.07) is 4.45. The largest absolute Gasteiger partial charge is 0.462 e. The number of carbonyl (C=O) groups is 1. The number of hydrogen-bond acceptors (Lipinski definition) is 2. The molecule has 1 aliphatic carbocycles. The molecule has 0 amide bonds. The van der Waals surface area contributed by atoms with Crippen LogP contribution in [0.1, 0.15) is 69.8 Å². The van der Waals surface area contributed by atoms with Gasteiger partial charge in [0.2, 0.25) is 0 Å². The lowest BCUT2D eigenvalue weighted by Crippen LogP contribution is -2.19. The normalized spacial score (nSPS) is 17.7. The number of rotatable bonds is 5. The second-order valence-electron chi connectivity index (χ2n) is 7.61. The van der Waals surface area contributed by atoms with E-state index >= 15 is 0 Å². The van der Waals surface area contributed by atoms with Crippen LogP contribution >= 0.6 is 0 Å². The van der Waals surface area contributed by atoms with E-state index in [1.807, 2.05) is 13.0 Å². The molecule has 1 aromatic carbocycles. The highest BCUT2D eigenvalue weighted by atomic mass is 19.1. The SMILES string of the molecule is CCOC(=O)c1ccc(/C=C(\C)C=CC2=C(C)CCCC2(C)C)c(F)c1. The van der Waals surface area contributed by atoms with Crippen LogP contribution in [0.2, 0.25) is 0 Å². The molecule has 2 nitrogen and oxygen atoms in total. The van der Waals surface area contributed by atoms with E-state index in [1.54, 1.807) is 25.1 Å². The Kier molecular flexibility index (Phi) is 6.57. The number of ether oxygens (including phenoxy) is 1. The third kappa shape index (κ3) is 4.94. The van der Waals surface area contributed by atoms with Crippen LogP contribution in [0.3, 0.4) is 0 Å². The van der Waals surface area contributed by atoms with E-state index in [0.29, 0.717) is 5.56 Å². The first-order valence-electron chi connectivity index (χ1n) is 9.28. The number of esters is 1. The van der Waals surface area contributed by atoms with Gasteiger partial charge in [-0.15, -0.1) is 0 Å². The summed E-state index contributed by atoms with van der Waals surface area (Å²) >= 11 is 0. The van der Waals surface area contributed by atoms with Gasteiger partial charge in [0.25, 0.3) is 0 Å². The topological polar surface area (TPSA) is 26.3 Å². The Labute approximate surface area is 156 Å². The first kappa shape index (κ1) is 20.2. The van der Waals surface area contributed by atoms with Gasteiger partial charge in [0, 0.05) is 5.56 Å². The fraction of sp³-hybridized carbons (Fsp3) is 0.435. The van der Waals surface area contributed by atoms with Gasteiger partial charge in [-0.1, -0.05) is 43.2 Å². The lowest BCUT2D eigenvalue weighted by atomic mass is 9.72. The summed E-state index contributed by atoms with van der Waals surface area (Å²) in [6.45, 7) is 10.7. The molecule has 1 aromatic rings. The predicted molar refractivity (Wildman–Crippen MR) is 105 cm³/mol. The third-order valence-corrected chi connectivity index (χ3v) is 4.95. The Morgan fingerprint density at radius 2 is 2.08 bits per heavy atom. The molecule has 0 fully saturated rings. The van der Waals surface area contributed by atoms with E-state index in [-0.39, 0.29) is 17.6 Å². The zero-order valence-corrected chi connectivity index (χ0v) is 16.5. The molecule has 0 N–H and O–H groups in total. The van der Waals surface area contributed by atoms with E-state index < -0.39 is 11.8 Å². The van der Waals surface area contributed by atoms with Gasteiger partial charge in [-0.3, -0.25) is 0 Å². The van der Waals surface area contributed by atoms with Crippen molar-refractivity contribution in [2.75, 3.05) is 6.61 Å². The van der Waals surface area contributed by atoms with Crippen LogP contribution in [0.4, 0.5) is 4.39 Å². The third-order valence-electron chi connectivity index (χ3n) is 4.95. The summed E-state index contributed by atoms with van der Waals surface area (Å²) in [5.41, 5.74) is 4.68. The quantitative estimate of drug-likeness (QED) is 0.445.